The van der Waals surface area contributed by atoms with E-state index in [9.17, 15) is 4.79 Å². The van der Waals surface area contributed by atoms with E-state index >= 15 is 0 Å². The van der Waals surface area contributed by atoms with Crippen LogP contribution in [0.2, 0.25) is 0 Å². The first-order chi connectivity index (χ1) is 15.5. The summed E-state index contributed by atoms with van der Waals surface area (Å²) in [6.45, 7) is 8.55. The van der Waals surface area contributed by atoms with E-state index in [2.05, 4.69) is 44.3 Å². The molecule has 0 saturated heterocycles. The molecule has 2 aromatic carbocycles. The number of hydrogen-bond donors (Lipinski definition) is 2. The summed E-state index contributed by atoms with van der Waals surface area (Å²) in [5.41, 5.74) is 5.35. The number of unbranched alkanes of at least 4 members (excludes halogenated alkanes) is 2. The van der Waals surface area contributed by atoms with Crippen LogP contribution in [-0.2, 0) is 17.8 Å². The van der Waals surface area contributed by atoms with Crippen molar-refractivity contribution in [2.24, 2.45) is 5.92 Å². The molecule has 0 aliphatic rings. The molecule has 4 nitrogen and oxygen atoms in total. The van der Waals surface area contributed by atoms with Gasteiger partial charge < -0.3 is 15.2 Å². The number of benzene rings is 2. The summed E-state index contributed by atoms with van der Waals surface area (Å²) in [7, 11) is 0. The van der Waals surface area contributed by atoms with Crippen LogP contribution in [0.5, 0.6) is 5.75 Å². The van der Waals surface area contributed by atoms with Gasteiger partial charge in [-0.2, -0.15) is 0 Å². The third-order valence-corrected chi connectivity index (χ3v) is 6.11. The van der Waals surface area contributed by atoms with Gasteiger partial charge in [-0.15, -0.1) is 0 Å². The first-order valence-corrected chi connectivity index (χ1v) is 12.2. The number of ether oxygens (including phenoxy) is 1. The zero-order chi connectivity index (χ0) is 23.2. The molecule has 0 aliphatic heterocycles. The Kier molecular flexibility index (Phi) is 11.9. The molecular formula is C28H41NO3. The van der Waals surface area contributed by atoms with E-state index in [4.69, 9.17) is 9.84 Å². The van der Waals surface area contributed by atoms with Crippen LogP contribution in [-0.4, -0.2) is 24.2 Å². The lowest BCUT2D eigenvalue weighted by Gasteiger charge is -2.18. The molecular weight excluding hydrogens is 398 g/mol. The van der Waals surface area contributed by atoms with Crippen LogP contribution < -0.4 is 10.1 Å². The molecule has 0 aliphatic carbocycles. The molecule has 1 atom stereocenters. The highest BCUT2D eigenvalue weighted by atomic mass is 16.5. The summed E-state index contributed by atoms with van der Waals surface area (Å²) < 4.78 is 5.98. The van der Waals surface area contributed by atoms with Gasteiger partial charge in [0.1, 0.15) is 5.75 Å². The number of hydrogen-bond acceptors (Lipinski definition) is 3. The fourth-order valence-electron chi connectivity index (χ4n) is 3.99. The van der Waals surface area contributed by atoms with Crippen LogP contribution in [0, 0.1) is 19.8 Å². The molecule has 2 rings (SSSR count). The minimum Gasteiger partial charge on any atom is -0.494 e. The normalized spacial score (nSPS) is 12.0. The van der Waals surface area contributed by atoms with Gasteiger partial charge in [-0.05, 0) is 73.4 Å². The summed E-state index contributed by atoms with van der Waals surface area (Å²) in [6, 6.07) is 15.0. The molecule has 176 valence electrons. The van der Waals surface area contributed by atoms with Gasteiger partial charge in [-0.1, -0.05) is 62.9 Å². The van der Waals surface area contributed by atoms with Crippen molar-refractivity contribution in [2.45, 2.75) is 78.7 Å². The van der Waals surface area contributed by atoms with E-state index in [1.807, 2.05) is 24.3 Å². The molecule has 0 saturated carbocycles. The third-order valence-electron chi connectivity index (χ3n) is 6.11. The van der Waals surface area contributed by atoms with Crippen molar-refractivity contribution in [2.75, 3.05) is 13.2 Å². The molecule has 0 bridgehead atoms. The van der Waals surface area contributed by atoms with Crippen LogP contribution in [0.1, 0.15) is 74.1 Å². The first kappa shape index (κ1) is 25.9. The van der Waals surface area contributed by atoms with Gasteiger partial charge in [-0.3, -0.25) is 4.79 Å². The highest BCUT2D eigenvalue weighted by Crippen LogP contribution is 2.23. The Hall–Kier alpha value is -2.33. The van der Waals surface area contributed by atoms with E-state index < -0.39 is 5.97 Å². The Morgan fingerprint density at radius 3 is 2.38 bits per heavy atom. The predicted octanol–water partition coefficient (Wildman–Crippen LogP) is 6.47. The van der Waals surface area contributed by atoms with E-state index in [-0.39, 0.29) is 6.42 Å². The Labute approximate surface area is 194 Å². The summed E-state index contributed by atoms with van der Waals surface area (Å²) in [5.74, 6) is 0.838. The molecule has 0 aromatic heterocycles. The molecule has 2 N–H and O–H groups in total. The first-order valence-electron chi connectivity index (χ1n) is 12.2. The number of rotatable bonds is 16. The van der Waals surface area contributed by atoms with E-state index in [1.165, 1.54) is 48.8 Å². The van der Waals surface area contributed by atoms with Crippen LogP contribution in [0.15, 0.2) is 42.5 Å². The average Bonchev–Trinajstić information content (AvgIpc) is 2.77. The van der Waals surface area contributed by atoms with Crippen molar-refractivity contribution >= 4 is 5.97 Å². The lowest BCUT2D eigenvalue weighted by Crippen LogP contribution is -2.17. The second-order valence-corrected chi connectivity index (χ2v) is 8.94. The standard InChI is InChI=1S/C28H41NO3/c1-4-5-6-8-24(20-26-11-10-22(2)23(3)19-26)9-7-18-32-27-14-12-25(13-15-27)21-29-17-16-28(30)31/h10-15,19,24,29H,4-9,16-18,20-21H2,1-3H3,(H,30,31)/t24-/m1/s1. The van der Waals surface area contributed by atoms with Crippen molar-refractivity contribution < 1.29 is 14.6 Å². The van der Waals surface area contributed by atoms with Crippen LogP contribution in [0.4, 0.5) is 0 Å². The van der Waals surface area contributed by atoms with Gasteiger partial charge in [0, 0.05) is 13.1 Å². The van der Waals surface area contributed by atoms with Crippen LogP contribution in [0.25, 0.3) is 0 Å². The van der Waals surface area contributed by atoms with Crippen molar-refractivity contribution in [1.29, 1.82) is 0 Å². The fraction of sp³-hybridized carbons (Fsp3) is 0.536. The molecule has 32 heavy (non-hydrogen) atoms. The second kappa shape index (κ2) is 14.7. The van der Waals surface area contributed by atoms with Crippen molar-refractivity contribution in [3.63, 3.8) is 0 Å². The zero-order valence-electron chi connectivity index (χ0n) is 20.2. The number of nitrogens with one attached hydrogen (secondary N) is 1. The predicted molar refractivity (Wildman–Crippen MR) is 132 cm³/mol. The average molecular weight is 440 g/mol. The highest BCUT2D eigenvalue weighted by Gasteiger charge is 2.11. The van der Waals surface area contributed by atoms with Gasteiger partial charge in [0.15, 0.2) is 0 Å². The van der Waals surface area contributed by atoms with Gasteiger partial charge >= 0.3 is 5.97 Å². The lowest BCUT2D eigenvalue weighted by atomic mass is 9.89. The van der Waals surface area contributed by atoms with Gasteiger partial charge in [0.2, 0.25) is 0 Å². The van der Waals surface area contributed by atoms with Crippen molar-refractivity contribution in [3.8, 4) is 5.75 Å². The van der Waals surface area contributed by atoms with Crippen LogP contribution in [0.3, 0.4) is 0 Å². The molecule has 0 unspecified atom stereocenters. The minimum absolute atomic E-state index is 0.143. The largest absolute Gasteiger partial charge is 0.494 e. The molecule has 0 heterocycles. The maximum atomic E-state index is 10.5. The van der Waals surface area contributed by atoms with Gasteiger partial charge in [0.05, 0.1) is 13.0 Å². The maximum absolute atomic E-state index is 10.5. The number of carboxylic acids is 1. The third kappa shape index (κ3) is 10.3. The molecule has 0 fully saturated rings. The highest BCUT2D eigenvalue weighted by molar-refractivity contribution is 5.66. The molecule has 0 radical (unpaired) electrons. The Bertz CT molecular complexity index is 801. The number of carbonyl (C=O) groups is 1. The van der Waals surface area contributed by atoms with E-state index in [0.29, 0.717) is 19.0 Å². The van der Waals surface area contributed by atoms with E-state index in [1.54, 1.807) is 0 Å². The Balaban J connectivity index is 1.75. The number of aryl methyl sites for hydroxylation is 2. The minimum atomic E-state index is -0.775. The van der Waals surface area contributed by atoms with E-state index in [0.717, 1.165) is 30.8 Å². The van der Waals surface area contributed by atoms with Gasteiger partial charge in [-0.25, -0.2) is 0 Å². The monoisotopic (exact) mass is 439 g/mol. The molecule has 2 aromatic rings. The SMILES string of the molecule is CCCCC[C@H](CCCOc1ccc(CNCCC(=O)O)cc1)Cc1ccc(C)c(C)c1. The number of aliphatic carboxylic acids is 1. The topological polar surface area (TPSA) is 58.6 Å². The summed E-state index contributed by atoms with van der Waals surface area (Å²) >= 11 is 0. The van der Waals surface area contributed by atoms with Crippen molar-refractivity contribution in [3.05, 3.63) is 64.7 Å². The maximum Gasteiger partial charge on any atom is 0.304 e. The summed E-state index contributed by atoms with van der Waals surface area (Å²) in [5, 5.41) is 11.8. The Morgan fingerprint density at radius 2 is 1.69 bits per heavy atom. The Morgan fingerprint density at radius 1 is 0.969 bits per heavy atom. The second-order valence-electron chi connectivity index (χ2n) is 8.94. The number of carboxylic acid groups (broad SMARTS) is 1. The molecule has 4 heteroatoms. The smallest absolute Gasteiger partial charge is 0.304 e. The van der Waals surface area contributed by atoms with Gasteiger partial charge in [0.25, 0.3) is 0 Å². The molecule has 0 amide bonds. The van der Waals surface area contributed by atoms with Crippen LogP contribution >= 0.6 is 0 Å². The van der Waals surface area contributed by atoms with Crippen molar-refractivity contribution in [1.82, 2.24) is 5.32 Å². The quantitative estimate of drug-likeness (QED) is 0.294. The lowest BCUT2D eigenvalue weighted by molar-refractivity contribution is -0.136. The summed E-state index contributed by atoms with van der Waals surface area (Å²) in [4.78, 5) is 10.5. The zero-order valence-corrected chi connectivity index (χ0v) is 20.2. The fourth-order valence-corrected chi connectivity index (χ4v) is 3.99. The summed E-state index contributed by atoms with van der Waals surface area (Å²) in [6.07, 6.45) is 8.77. The molecule has 0 spiro atoms.